The molecule has 1 saturated heterocycles. The van der Waals surface area contributed by atoms with Crippen molar-refractivity contribution < 1.29 is 18.6 Å². The lowest BCUT2D eigenvalue weighted by Gasteiger charge is -2.31. The Hall–Kier alpha value is -2.90. The third kappa shape index (κ3) is 6.81. The lowest BCUT2D eigenvalue weighted by Crippen LogP contribution is -2.39. The van der Waals surface area contributed by atoms with E-state index in [0.717, 1.165) is 57.6 Å². The van der Waals surface area contributed by atoms with E-state index in [1.807, 2.05) is 23.0 Å². The number of hydrogen-bond acceptors (Lipinski definition) is 5. The van der Waals surface area contributed by atoms with Gasteiger partial charge in [-0.3, -0.25) is 9.58 Å². The Morgan fingerprint density at radius 3 is 2.76 bits per heavy atom. The van der Waals surface area contributed by atoms with Crippen LogP contribution in [0.1, 0.15) is 31.2 Å². The van der Waals surface area contributed by atoms with Crippen LogP contribution in [-0.4, -0.2) is 53.7 Å². The number of aromatic nitrogens is 2. The molecular formula is C27H34FN3O3. The minimum atomic E-state index is -0.406. The number of benzene rings is 2. The van der Waals surface area contributed by atoms with Gasteiger partial charge in [0.05, 0.1) is 6.61 Å². The summed E-state index contributed by atoms with van der Waals surface area (Å²) < 4.78 is 33.6. The van der Waals surface area contributed by atoms with Gasteiger partial charge in [-0.1, -0.05) is 24.3 Å². The SMILES string of the molecule is COC1(COc2ccccc2F)CCCN(Cc2cccc(OCCCn3cccn3)c2)CC1. The molecule has 1 aromatic heterocycles. The van der Waals surface area contributed by atoms with Gasteiger partial charge in [0.25, 0.3) is 0 Å². The van der Waals surface area contributed by atoms with Crippen molar-refractivity contribution in [3.8, 4) is 11.5 Å². The average molecular weight is 468 g/mol. The van der Waals surface area contributed by atoms with Crippen LogP contribution in [0, 0.1) is 5.82 Å². The van der Waals surface area contributed by atoms with Crippen molar-refractivity contribution in [3.63, 3.8) is 0 Å². The Kier molecular flexibility index (Phi) is 8.55. The molecule has 2 heterocycles. The average Bonchev–Trinajstić information content (AvgIpc) is 3.30. The molecule has 3 aromatic rings. The molecule has 182 valence electrons. The Morgan fingerprint density at radius 1 is 1.03 bits per heavy atom. The van der Waals surface area contributed by atoms with E-state index in [1.54, 1.807) is 31.5 Å². The number of ether oxygens (including phenoxy) is 3. The molecule has 1 aliphatic rings. The maximum Gasteiger partial charge on any atom is 0.165 e. The monoisotopic (exact) mass is 467 g/mol. The molecule has 1 atom stereocenters. The van der Waals surface area contributed by atoms with E-state index in [4.69, 9.17) is 14.2 Å². The van der Waals surface area contributed by atoms with Gasteiger partial charge >= 0.3 is 0 Å². The number of likely N-dealkylation sites (tertiary alicyclic amines) is 1. The van der Waals surface area contributed by atoms with E-state index in [9.17, 15) is 4.39 Å². The van der Waals surface area contributed by atoms with Crippen LogP contribution in [0.15, 0.2) is 67.0 Å². The van der Waals surface area contributed by atoms with E-state index in [0.29, 0.717) is 13.2 Å². The van der Waals surface area contributed by atoms with Crippen LogP contribution in [0.25, 0.3) is 0 Å². The molecule has 6 nitrogen and oxygen atoms in total. The second-order valence-corrected chi connectivity index (χ2v) is 8.85. The lowest BCUT2D eigenvalue weighted by molar-refractivity contribution is -0.0548. The number of halogens is 1. The smallest absolute Gasteiger partial charge is 0.165 e. The van der Waals surface area contributed by atoms with Gasteiger partial charge < -0.3 is 14.2 Å². The summed E-state index contributed by atoms with van der Waals surface area (Å²) in [4.78, 5) is 2.45. The van der Waals surface area contributed by atoms with Crippen LogP contribution in [0.5, 0.6) is 11.5 Å². The molecule has 1 fully saturated rings. The molecule has 1 aliphatic heterocycles. The molecule has 1 unspecified atom stereocenters. The van der Waals surface area contributed by atoms with Crippen molar-refractivity contribution >= 4 is 0 Å². The third-order valence-electron chi connectivity index (χ3n) is 6.41. The summed E-state index contributed by atoms with van der Waals surface area (Å²) in [5.41, 5.74) is 0.827. The predicted octanol–water partition coefficient (Wildman–Crippen LogP) is 4.94. The van der Waals surface area contributed by atoms with Crippen LogP contribution in [0.4, 0.5) is 4.39 Å². The highest BCUT2D eigenvalue weighted by Crippen LogP contribution is 2.29. The summed E-state index contributed by atoms with van der Waals surface area (Å²) in [5.74, 6) is 0.839. The Bertz CT molecular complexity index is 1010. The van der Waals surface area contributed by atoms with Gasteiger partial charge in [0.15, 0.2) is 11.6 Å². The largest absolute Gasteiger partial charge is 0.494 e. The molecule has 0 radical (unpaired) electrons. The summed E-state index contributed by atoms with van der Waals surface area (Å²) in [6.07, 6.45) is 7.38. The molecule has 34 heavy (non-hydrogen) atoms. The first-order valence-electron chi connectivity index (χ1n) is 12.0. The normalized spacial score (nSPS) is 19.0. The summed E-state index contributed by atoms with van der Waals surface area (Å²) in [6, 6.07) is 16.8. The van der Waals surface area contributed by atoms with Crippen LogP contribution in [0.3, 0.4) is 0 Å². The maximum atomic E-state index is 14.0. The van der Waals surface area contributed by atoms with E-state index >= 15 is 0 Å². The van der Waals surface area contributed by atoms with Crippen molar-refractivity contribution in [2.24, 2.45) is 0 Å². The van der Waals surface area contributed by atoms with E-state index in [-0.39, 0.29) is 11.6 Å². The van der Waals surface area contributed by atoms with Crippen molar-refractivity contribution in [2.75, 3.05) is 33.4 Å². The van der Waals surface area contributed by atoms with E-state index < -0.39 is 5.60 Å². The molecule has 7 heteroatoms. The third-order valence-corrected chi connectivity index (χ3v) is 6.41. The first-order valence-corrected chi connectivity index (χ1v) is 12.0. The molecule has 0 saturated carbocycles. The van der Waals surface area contributed by atoms with Gasteiger partial charge in [-0.05, 0) is 61.7 Å². The van der Waals surface area contributed by atoms with Gasteiger partial charge in [-0.2, -0.15) is 5.10 Å². The molecule has 4 rings (SSSR count). The van der Waals surface area contributed by atoms with Crippen LogP contribution < -0.4 is 9.47 Å². The van der Waals surface area contributed by atoms with Gasteiger partial charge in [0, 0.05) is 45.6 Å². The summed E-state index contributed by atoms with van der Waals surface area (Å²) in [7, 11) is 1.73. The highest BCUT2D eigenvalue weighted by atomic mass is 19.1. The van der Waals surface area contributed by atoms with Crippen LogP contribution >= 0.6 is 0 Å². The molecule has 0 bridgehead atoms. The minimum absolute atomic E-state index is 0.279. The van der Waals surface area contributed by atoms with E-state index in [2.05, 4.69) is 28.2 Å². The van der Waals surface area contributed by atoms with Gasteiger partial charge in [-0.25, -0.2) is 4.39 Å². The maximum absolute atomic E-state index is 14.0. The Labute approximate surface area is 201 Å². The Morgan fingerprint density at radius 2 is 1.94 bits per heavy atom. The zero-order valence-electron chi connectivity index (χ0n) is 19.9. The second-order valence-electron chi connectivity index (χ2n) is 8.85. The first kappa shape index (κ1) is 24.2. The quantitative estimate of drug-likeness (QED) is 0.374. The number of nitrogens with zero attached hydrogens (tertiary/aromatic N) is 3. The molecule has 0 amide bonds. The zero-order chi connectivity index (χ0) is 23.6. The van der Waals surface area contributed by atoms with Gasteiger partial charge in [0.1, 0.15) is 18.0 Å². The highest BCUT2D eigenvalue weighted by molar-refractivity contribution is 5.28. The standard InChI is InChI=1S/C27H34FN3O3/c1-32-27(22-34-26-11-3-2-10-25(26)28)12-5-15-30(18-13-27)21-23-8-4-9-24(20-23)33-19-7-17-31-16-6-14-29-31/h2-4,6,8-11,14,16,20H,5,7,12-13,15,17-19,21-22H2,1H3. The number of methoxy groups -OCH3 is 1. The number of hydrogen-bond donors (Lipinski definition) is 0. The first-order chi connectivity index (χ1) is 16.7. The molecule has 0 spiro atoms. The summed E-state index contributed by atoms with van der Waals surface area (Å²) in [6.45, 7) is 4.59. The predicted molar refractivity (Wildman–Crippen MR) is 130 cm³/mol. The van der Waals surface area contributed by atoms with Crippen molar-refractivity contribution in [2.45, 2.75) is 44.4 Å². The highest BCUT2D eigenvalue weighted by Gasteiger charge is 2.34. The fraction of sp³-hybridized carbons (Fsp3) is 0.444. The van der Waals surface area contributed by atoms with Crippen molar-refractivity contribution in [1.29, 1.82) is 0 Å². The number of aryl methyl sites for hydroxylation is 1. The topological polar surface area (TPSA) is 48.8 Å². The van der Waals surface area contributed by atoms with E-state index in [1.165, 1.54) is 11.6 Å². The van der Waals surface area contributed by atoms with Crippen LogP contribution in [-0.2, 0) is 17.8 Å². The molecule has 0 N–H and O–H groups in total. The fourth-order valence-corrected chi connectivity index (χ4v) is 4.40. The van der Waals surface area contributed by atoms with Crippen LogP contribution in [0.2, 0.25) is 0 Å². The molecule has 2 aromatic carbocycles. The summed E-state index contributed by atoms with van der Waals surface area (Å²) in [5, 5.41) is 4.22. The molecule has 0 aliphatic carbocycles. The number of rotatable bonds is 11. The molecular weight excluding hydrogens is 433 g/mol. The van der Waals surface area contributed by atoms with Gasteiger partial charge in [0.2, 0.25) is 0 Å². The van der Waals surface area contributed by atoms with Crippen molar-refractivity contribution in [1.82, 2.24) is 14.7 Å². The zero-order valence-corrected chi connectivity index (χ0v) is 19.9. The summed E-state index contributed by atoms with van der Waals surface area (Å²) >= 11 is 0. The second kappa shape index (κ2) is 12.0. The fourth-order valence-electron chi connectivity index (χ4n) is 4.40. The number of para-hydroxylation sites is 1. The lowest BCUT2D eigenvalue weighted by atomic mass is 9.95. The minimum Gasteiger partial charge on any atom is -0.494 e. The van der Waals surface area contributed by atoms with Crippen molar-refractivity contribution in [3.05, 3.63) is 78.4 Å². The Balaban J connectivity index is 1.26. The van der Waals surface area contributed by atoms with Gasteiger partial charge in [-0.15, -0.1) is 0 Å².